The standard InChI is InChI=1S/C28H35ClFN7O/c1-17-7-8-18(28(2,3)4)13-22(17)32-26-23-25(31-16-35(23)5)33-27(34-26)37-11-9-36(10-12-37)19-14-20(29)24(38-6)21(30)15-19/h7-8,13-16,26,32H,9-12H2,1-6H3,(H,33,34)/t26-/m1/s1. The van der Waals surface area contributed by atoms with E-state index < -0.39 is 5.82 Å². The number of imidazole rings is 1. The lowest BCUT2D eigenvalue weighted by Crippen LogP contribution is -2.51. The van der Waals surface area contributed by atoms with Gasteiger partial charge >= 0.3 is 0 Å². The van der Waals surface area contributed by atoms with Gasteiger partial charge in [0.2, 0.25) is 5.96 Å². The number of halogens is 2. The van der Waals surface area contributed by atoms with Gasteiger partial charge in [-0.15, -0.1) is 0 Å². The topological polar surface area (TPSA) is 70.0 Å². The summed E-state index contributed by atoms with van der Waals surface area (Å²) in [5.74, 6) is 1.18. The molecule has 3 aromatic rings. The molecule has 0 saturated carbocycles. The molecule has 0 unspecified atom stereocenters. The Morgan fingerprint density at radius 3 is 2.47 bits per heavy atom. The number of ether oxygens (including phenoxy) is 1. The van der Waals surface area contributed by atoms with Gasteiger partial charge in [0, 0.05) is 50.7 Å². The number of methoxy groups -OCH3 is 1. The average Bonchev–Trinajstić information content (AvgIpc) is 3.25. The first-order chi connectivity index (χ1) is 18.0. The van der Waals surface area contributed by atoms with E-state index in [0.717, 1.165) is 34.4 Å². The number of guanidine groups is 1. The van der Waals surface area contributed by atoms with E-state index in [1.807, 2.05) is 17.9 Å². The highest BCUT2D eigenvalue weighted by Crippen LogP contribution is 2.35. The number of nitrogens with zero attached hydrogens (tertiary/aromatic N) is 5. The first-order valence-electron chi connectivity index (χ1n) is 12.8. The highest BCUT2D eigenvalue weighted by molar-refractivity contribution is 6.32. The SMILES string of the molecule is COc1c(F)cc(N2CCN(C3=N[C@@H](Nc4cc(C(C)(C)C)ccc4C)c4c(ncn4C)N3)CC2)cc1Cl. The molecule has 2 aliphatic heterocycles. The van der Waals surface area contributed by atoms with Crippen molar-refractivity contribution in [1.29, 1.82) is 0 Å². The van der Waals surface area contributed by atoms with Crippen molar-refractivity contribution < 1.29 is 9.13 Å². The third kappa shape index (κ3) is 4.99. The Labute approximate surface area is 228 Å². The summed E-state index contributed by atoms with van der Waals surface area (Å²) in [6, 6.07) is 9.80. The molecule has 3 heterocycles. The van der Waals surface area contributed by atoms with E-state index in [-0.39, 0.29) is 22.4 Å². The lowest BCUT2D eigenvalue weighted by atomic mass is 9.86. The van der Waals surface area contributed by atoms with Crippen LogP contribution in [0.4, 0.5) is 21.6 Å². The molecule has 2 aliphatic rings. The molecule has 0 radical (unpaired) electrons. The van der Waals surface area contributed by atoms with Crippen molar-refractivity contribution >= 4 is 34.8 Å². The number of nitrogens with one attached hydrogen (secondary N) is 2. The van der Waals surface area contributed by atoms with Gasteiger partial charge in [0.25, 0.3) is 0 Å². The second-order valence-corrected chi connectivity index (χ2v) is 11.3. The zero-order valence-electron chi connectivity index (χ0n) is 22.8. The molecule has 202 valence electrons. The molecule has 8 nitrogen and oxygen atoms in total. The van der Waals surface area contributed by atoms with Crippen molar-refractivity contribution in [1.82, 2.24) is 14.5 Å². The smallest absolute Gasteiger partial charge is 0.202 e. The molecule has 10 heteroatoms. The number of hydrogen-bond donors (Lipinski definition) is 2. The predicted molar refractivity (Wildman–Crippen MR) is 152 cm³/mol. The highest BCUT2D eigenvalue weighted by atomic mass is 35.5. The summed E-state index contributed by atoms with van der Waals surface area (Å²) in [6.45, 7) is 11.6. The van der Waals surface area contributed by atoms with E-state index in [1.165, 1.54) is 18.7 Å². The fourth-order valence-electron chi connectivity index (χ4n) is 4.93. The third-order valence-corrected chi connectivity index (χ3v) is 7.53. The van der Waals surface area contributed by atoms with Gasteiger partial charge in [0.05, 0.1) is 18.5 Å². The van der Waals surface area contributed by atoms with E-state index in [2.05, 4.69) is 71.3 Å². The van der Waals surface area contributed by atoms with Gasteiger partial charge in [-0.3, -0.25) is 0 Å². The molecular weight excluding hydrogens is 505 g/mol. The van der Waals surface area contributed by atoms with Gasteiger partial charge in [-0.2, -0.15) is 0 Å². The Morgan fingerprint density at radius 1 is 1.11 bits per heavy atom. The van der Waals surface area contributed by atoms with E-state index in [4.69, 9.17) is 21.3 Å². The van der Waals surface area contributed by atoms with Crippen molar-refractivity contribution in [3.05, 3.63) is 64.3 Å². The van der Waals surface area contributed by atoms with Crippen LogP contribution in [0.15, 0.2) is 41.7 Å². The Hall–Kier alpha value is -3.46. The molecule has 1 aromatic heterocycles. The maximum Gasteiger partial charge on any atom is 0.202 e. The molecular formula is C28H35ClFN7O. The summed E-state index contributed by atoms with van der Waals surface area (Å²) < 4.78 is 21.5. The van der Waals surface area contributed by atoms with Gasteiger partial charge in [0.15, 0.2) is 23.6 Å². The molecule has 0 spiro atoms. The second-order valence-electron chi connectivity index (χ2n) is 10.9. The van der Waals surface area contributed by atoms with Crippen LogP contribution in [0.1, 0.15) is 43.8 Å². The molecule has 1 fully saturated rings. The van der Waals surface area contributed by atoms with E-state index in [0.29, 0.717) is 26.2 Å². The minimum atomic E-state index is -0.460. The van der Waals surface area contributed by atoms with Crippen LogP contribution in [0.2, 0.25) is 5.02 Å². The van der Waals surface area contributed by atoms with Crippen LogP contribution < -0.4 is 20.3 Å². The summed E-state index contributed by atoms with van der Waals surface area (Å²) >= 11 is 6.24. The molecule has 38 heavy (non-hydrogen) atoms. The van der Waals surface area contributed by atoms with Gasteiger partial charge in [0.1, 0.15) is 5.69 Å². The fourth-order valence-corrected chi connectivity index (χ4v) is 5.21. The van der Waals surface area contributed by atoms with Gasteiger partial charge < -0.3 is 29.7 Å². The maximum absolute atomic E-state index is 14.4. The predicted octanol–water partition coefficient (Wildman–Crippen LogP) is 5.54. The first-order valence-corrected chi connectivity index (χ1v) is 13.2. The minimum Gasteiger partial charge on any atom is -0.492 e. The highest BCUT2D eigenvalue weighted by Gasteiger charge is 2.30. The number of rotatable bonds is 4. The Balaban J connectivity index is 1.37. The number of benzene rings is 2. The fraction of sp³-hybridized carbons (Fsp3) is 0.429. The first kappa shape index (κ1) is 26.2. The molecule has 1 saturated heterocycles. The Morgan fingerprint density at radius 2 is 1.82 bits per heavy atom. The van der Waals surface area contributed by atoms with Crippen LogP contribution in [0.5, 0.6) is 5.75 Å². The van der Waals surface area contributed by atoms with E-state index >= 15 is 0 Å². The van der Waals surface area contributed by atoms with Gasteiger partial charge in [-0.05, 0) is 35.6 Å². The van der Waals surface area contributed by atoms with Gasteiger partial charge in [-0.25, -0.2) is 14.4 Å². The number of anilines is 3. The minimum absolute atomic E-state index is 0.0427. The number of fused-ring (bicyclic) bond motifs is 1. The van der Waals surface area contributed by atoms with Crippen LogP contribution in [-0.4, -0.2) is 53.7 Å². The summed E-state index contributed by atoms with van der Waals surface area (Å²) in [6.07, 6.45) is 1.51. The Bertz CT molecular complexity index is 1350. The van der Waals surface area contributed by atoms with Crippen molar-refractivity contribution in [2.75, 3.05) is 48.8 Å². The van der Waals surface area contributed by atoms with Crippen LogP contribution in [0, 0.1) is 12.7 Å². The van der Waals surface area contributed by atoms with Crippen molar-refractivity contribution in [3.8, 4) is 5.75 Å². The van der Waals surface area contributed by atoms with E-state index in [1.54, 1.807) is 6.07 Å². The zero-order valence-corrected chi connectivity index (χ0v) is 23.5. The maximum atomic E-state index is 14.4. The molecule has 1 atom stereocenters. The molecule has 5 rings (SSSR count). The normalized spacial score (nSPS) is 17.6. The lowest BCUT2D eigenvalue weighted by Gasteiger charge is -2.39. The number of aliphatic imine (C=N–C) groups is 1. The number of hydrogen-bond acceptors (Lipinski definition) is 7. The average molecular weight is 540 g/mol. The number of piperazine rings is 1. The molecule has 0 bridgehead atoms. The monoisotopic (exact) mass is 539 g/mol. The second kappa shape index (κ2) is 10.0. The Kier molecular flexibility index (Phi) is 6.90. The van der Waals surface area contributed by atoms with E-state index in [9.17, 15) is 4.39 Å². The zero-order chi connectivity index (χ0) is 27.2. The van der Waals surface area contributed by atoms with Crippen molar-refractivity contribution in [3.63, 3.8) is 0 Å². The number of aromatic nitrogens is 2. The summed E-state index contributed by atoms with van der Waals surface area (Å²) in [4.78, 5) is 14.0. The third-order valence-electron chi connectivity index (χ3n) is 7.25. The molecule has 0 amide bonds. The number of aryl methyl sites for hydroxylation is 2. The summed E-state index contributed by atoms with van der Waals surface area (Å²) in [5, 5.41) is 7.38. The molecule has 0 aliphatic carbocycles. The van der Waals surface area contributed by atoms with Crippen LogP contribution in [0.25, 0.3) is 0 Å². The summed E-state index contributed by atoms with van der Waals surface area (Å²) in [7, 11) is 3.40. The largest absolute Gasteiger partial charge is 0.492 e. The van der Waals surface area contributed by atoms with Gasteiger partial charge in [-0.1, -0.05) is 44.5 Å². The molecule has 2 aromatic carbocycles. The van der Waals surface area contributed by atoms with Crippen LogP contribution in [0.3, 0.4) is 0 Å². The lowest BCUT2D eigenvalue weighted by molar-refractivity contribution is 0.378. The van der Waals surface area contributed by atoms with Crippen molar-refractivity contribution in [2.24, 2.45) is 12.0 Å². The van der Waals surface area contributed by atoms with Crippen LogP contribution in [-0.2, 0) is 12.5 Å². The van der Waals surface area contributed by atoms with Crippen LogP contribution >= 0.6 is 11.6 Å². The quantitative estimate of drug-likeness (QED) is 0.453. The van der Waals surface area contributed by atoms with Crippen molar-refractivity contribution in [2.45, 2.75) is 39.3 Å². The summed E-state index contributed by atoms with van der Waals surface area (Å²) in [5.41, 5.74) is 5.25. The molecule has 2 N–H and O–H groups in total.